The summed E-state index contributed by atoms with van der Waals surface area (Å²) < 4.78 is 0. The summed E-state index contributed by atoms with van der Waals surface area (Å²) >= 11 is 1.79. The standard InChI is InChI=1S/C19H19N3OS/c1-13-10-17(15-4-2-3-5-16(15)21-13)20-11-19(23)22-8-6-18-14(12-22)7-9-24-18/h2-5,7,9-10H,6,8,11-12H2,1H3,(H,20,21). The van der Waals surface area contributed by atoms with Crippen LogP contribution >= 0.6 is 11.3 Å². The topological polar surface area (TPSA) is 45.2 Å². The van der Waals surface area contributed by atoms with Gasteiger partial charge in [0.2, 0.25) is 5.91 Å². The highest BCUT2D eigenvalue weighted by atomic mass is 32.1. The second kappa shape index (κ2) is 6.24. The molecule has 2 aromatic heterocycles. The van der Waals surface area contributed by atoms with E-state index in [0.29, 0.717) is 6.54 Å². The Balaban J connectivity index is 1.48. The highest BCUT2D eigenvalue weighted by Crippen LogP contribution is 2.25. The number of carbonyl (C=O) groups excluding carboxylic acids is 1. The Labute approximate surface area is 145 Å². The van der Waals surface area contributed by atoms with Gasteiger partial charge in [-0.25, -0.2) is 0 Å². The van der Waals surface area contributed by atoms with E-state index in [4.69, 9.17) is 0 Å². The molecule has 0 saturated carbocycles. The predicted molar refractivity (Wildman–Crippen MR) is 98.4 cm³/mol. The van der Waals surface area contributed by atoms with Gasteiger partial charge in [-0.1, -0.05) is 18.2 Å². The van der Waals surface area contributed by atoms with Gasteiger partial charge < -0.3 is 10.2 Å². The number of hydrogen-bond acceptors (Lipinski definition) is 4. The summed E-state index contributed by atoms with van der Waals surface area (Å²) in [5.74, 6) is 0.144. The van der Waals surface area contributed by atoms with E-state index in [0.717, 1.165) is 41.8 Å². The number of rotatable bonds is 3. The van der Waals surface area contributed by atoms with Gasteiger partial charge in [-0.05, 0) is 42.5 Å². The fourth-order valence-electron chi connectivity index (χ4n) is 3.20. The van der Waals surface area contributed by atoms with Crippen LogP contribution < -0.4 is 5.32 Å². The van der Waals surface area contributed by atoms with E-state index in [9.17, 15) is 4.79 Å². The number of nitrogens with one attached hydrogen (secondary N) is 1. The zero-order valence-electron chi connectivity index (χ0n) is 13.6. The maximum absolute atomic E-state index is 12.6. The number of aryl methyl sites for hydroxylation is 1. The lowest BCUT2D eigenvalue weighted by Crippen LogP contribution is -2.38. The van der Waals surface area contributed by atoms with Gasteiger partial charge in [0.05, 0.1) is 12.1 Å². The van der Waals surface area contributed by atoms with Crippen LogP contribution in [0.15, 0.2) is 41.8 Å². The van der Waals surface area contributed by atoms with Crippen LogP contribution in [0.4, 0.5) is 5.69 Å². The zero-order valence-corrected chi connectivity index (χ0v) is 14.4. The lowest BCUT2D eigenvalue weighted by atomic mass is 10.1. The minimum absolute atomic E-state index is 0.144. The van der Waals surface area contributed by atoms with E-state index in [1.54, 1.807) is 11.3 Å². The first-order valence-corrected chi connectivity index (χ1v) is 9.02. The molecule has 24 heavy (non-hydrogen) atoms. The van der Waals surface area contributed by atoms with Gasteiger partial charge in [0.15, 0.2) is 0 Å². The number of benzene rings is 1. The minimum Gasteiger partial charge on any atom is -0.376 e. The molecular weight excluding hydrogens is 318 g/mol. The molecule has 4 nitrogen and oxygen atoms in total. The molecule has 1 amide bonds. The number of thiophene rings is 1. The van der Waals surface area contributed by atoms with Crippen molar-refractivity contribution in [2.24, 2.45) is 0 Å². The molecule has 0 spiro atoms. The van der Waals surface area contributed by atoms with Crippen LogP contribution in [-0.2, 0) is 17.8 Å². The normalized spacial score (nSPS) is 13.8. The van der Waals surface area contributed by atoms with Crippen molar-refractivity contribution in [3.63, 3.8) is 0 Å². The maximum atomic E-state index is 12.6. The van der Waals surface area contributed by atoms with Gasteiger partial charge in [-0.2, -0.15) is 0 Å². The Morgan fingerprint density at radius 3 is 3.12 bits per heavy atom. The molecule has 0 fully saturated rings. The van der Waals surface area contributed by atoms with Crippen LogP contribution in [0.5, 0.6) is 0 Å². The molecule has 0 aliphatic carbocycles. The number of anilines is 1. The number of pyridine rings is 1. The summed E-state index contributed by atoms with van der Waals surface area (Å²) in [7, 11) is 0. The summed E-state index contributed by atoms with van der Waals surface area (Å²) in [5.41, 5.74) is 4.17. The van der Waals surface area contributed by atoms with Crippen molar-refractivity contribution in [3.8, 4) is 0 Å². The van der Waals surface area contributed by atoms with Crippen LogP contribution in [0.25, 0.3) is 10.9 Å². The van der Waals surface area contributed by atoms with E-state index >= 15 is 0 Å². The monoisotopic (exact) mass is 337 g/mol. The predicted octanol–water partition coefficient (Wildman–Crippen LogP) is 3.60. The van der Waals surface area contributed by atoms with Crippen LogP contribution in [0.3, 0.4) is 0 Å². The van der Waals surface area contributed by atoms with E-state index in [-0.39, 0.29) is 5.91 Å². The summed E-state index contributed by atoms with van der Waals surface area (Å²) in [6.07, 6.45) is 0.968. The number of nitrogens with zero attached hydrogens (tertiary/aromatic N) is 2. The first-order chi connectivity index (χ1) is 11.7. The first kappa shape index (κ1) is 15.1. The number of aromatic nitrogens is 1. The Bertz CT molecular complexity index is 903. The van der Waals surface area contributed by atoms with E-state index in [2.05, 4.69) is 21.7 Å². The molecule has 3 aromatic rings. The van der Waals surface area contributed by atoms with Crippen LogP contribution in [0, 0.1) is 6.92 Å². The minimum atomic E-state index is 0.144. The summed E-state index contributed by atoms with van der Waals surface area (Å²) in [6.45, 7) is 3.83. The van der Waals surface area contributed by atoms with Crippen molar-refractivity contribution >= 4 is 33.8 Å². The molecule has 0 bridgehead atoms. The van der Waals surface area contributed by atoms with Crippen molar-refractivity contribution in [1.29, 1.82) is 0 Å². The number of amides is 1. The third-order valence-corrected chi connectivity index (χ3v) is 5.46. The van der Waals surface area contributed by atoms with Crippen molar-refractivity contribution < 1.29 is 4.79 Å². The number of para-hydroxylation sites is 1. The fraction of sp³-hybridized carbons (Fsp3) is 0.263. The third kappa shape index (κ3) is 2.87. The smallest absolute Gasteiger partial charge is 0.242 e. The molecule has 0 saturated heterocycles. The van der Waals surface area contributed by atoms with Crippen LogP contribution in [0.2, 0.25) is 0 Å². The lowest BCUT2D eigenvalue weighted by Gasteiger charge is -2.27. The molecule has 1 aromatic carbocycles. The van der Waals surface area contributed by atoms with E-state index < -0.39 is 0 Å². The molecular formula is C19H19N3OS. The average Bonchev–Trinajstić information content (AvgIpc) is 3.06. The number of hydrogen-bond donors (Lipinski definition) is 1. The highest BCUT2D eigenvalue weighted by molar-refractivity contribution is 7.10. The molecule has 0 unspecified atom stereocenters. The molecule has 1 aliphatic rings. The lowest BCUT2D eigenvalue weighted by molar-refractivity contribution is -0.130. The van der Waals surface area contributed by atoms with Gasteiger partial charge in [-0.3, -0.25) is 9.78 Å². The highest BCUT2D eigenvalue weighted by Gasteiger charge is 2.21. The van der Waals surface area contributed by atoms with Gasteiger partial charge in [-0.15, -0.1) is 11.3 Å². The molecule has 122 valence electrons. The summed E-state index contributed by atoms with van der Waals surface area (Å²) in [5, 5.41) is 6.48. The molecule has 5 heteroatoms. The van der Waals surface area contributed by atoms with Crippen molar-refractivity contribution in [2.75, 3.05) is 18.4 Å². The first-order valence-electron chi connectivity index (χ1n) is 8.14. The fourth-order valence-corrected chi connectivity index (χ4v) is 4.09. The van der Waals surface area contributed by atoms with Crippen LogP contribution in [-0.4, -0.2) is 28.9 Å². The molecule has 1 N–H and O–H groups in total. The molecule has 0 atom stereocenters. The molecule has 1 aliphatic heterocycles. The van der Waals surface area contributed by atoms with Gasteiger partial charge >= 0.3 is 0 Å². The Hall–Kier alpha value is -2.40. The second-order valence-electron chi connectivity index (χ2n) is 6.12. The van der Waals surface area contributed by atoms with Crippen molar-refractivity contribution in [1.82, 2.24) is 9.88 Å². The molecule has 0 radical (unpaired) electrons. The zero-order chi connectivity index (χ0) is 16.5. The van der Waals surface area contributed by atoms with Gasteiger partial charge in [0.25, 0.3) is 0 Å². The van der Waals surface area contributed by atoms with E-state index in [1.807, 2.05) is 42.2 Å². The average molecular weight is 337 g/mol. The Morgan fingerprint density at radius 1 is 1.33 bits per heavy atom. The molecule has 4 rings (SSSR count). The van der Waals surface area contributed by atoms with Gasteiger partial charge in [0.1, 0.15) is 0 Å². The summed E-state index contributed by atoms with van der Waals surface area (Å²) in [6, 6.07) is 12.1. The molecule has 3 heterocycles. The van der Waals surface area contributed by atoms with E-state index in [1.165, 1.54) is 10.4 Å². The largest absolute Gasteiger partial charge is 0.376 e. The van der Waals surface area contributed by atoms with Crippen LogP contribution in [0.1, 0.15) is 16.1 Å². The SMILES string of the molecule is Cc1cc(NCC(=O)N2CCc3sccc3C2)c2ccccc2n1. The number of carbonyl (C=O) groups is 1. The summed E-state index contributed by atoms with van der Waals surface area (Å²) in [4.78, 5) is 20.5. The second-order valence-corrected chi connectivity index (χ2v) is 7.12. The van der Waals surface area contributed by atoms with Gasteiger partial charge in [0, 0.05) is 34.7 Å². The number of fused-ring (bicyclic) bond motifs is 2. The van der Waals surface area contributed by atoms with Crippen molar-refractivity contribution in [2.45, 2.75) is 19.9 Å². The maximum Gasteiger partial charge on any atom is 0.242 e. The third-order valence-electron chi connectivity index (χ3n) is 4.43. The Kier molecular flexibility index (Phi) is 3.94. The Morgan fingerprint density at radius 2 is 2.21 bits per heavy atom. The quantitative estimate of drug-likeness (QED) is 0.794. The van der Waals surface area contributed by atoms with Crippen molar-refractivity contribution in [3.05, 3.63) is 57.9 Å².